The van der Waals surface area contributed by atoms with E-state index in [2.05, 4.69) is 35.1 Å². The van der Waals surface area contributed by atoms with Crippen LogP contribution in [-0.4, -0.2) is 19.7 Å². The Morgan fingerprint density at radius 1 is 1.35 bits per heavy atom. The number of H-pyrrole nitrogens is 1. The van der Waals surface area contributed by atoms with Crippen LogP contribution in [0.2, 0.25) is 0 Å². The summed E-state index contributed by atoms with van der Waals surface area (Å²) in [6.45, 7) is 4.90. The lowest BCUT2D eigenvalue weighted by atomic mass is 10.1. The summed E-state index contributed by atoms with van der Waals surface area (Å²) in [5.74, 6) is 0.975. The first-order valence-electron chi connectivity index (χ1n) is 5.83. The summed E-state index contributed by atoms with van der Waals surface area (Å²) in [6, 6.07) is 4.08. The van der Waals surface area contributed by atoms with Crippen LogP contribution in [-0.2, 0) is 19.4 Å². The van der Waals surface area contributed by atoms with Gasteiger partial charge in [0.2, 0.25) is 0 Å². The number of aromatic nitrogens is 4. The van der Waals surface area contributed by atoms with E-state index in [0.717, 1.165) is 24.4 Å². The summed E-state index contributed by atoms with van der Waals surface area (Å²) in [6.07, 6.45) is 3.67. The number of aromatic amines is 1. The largest absolute Gasteiger partial charge is 0.298 e. The van der Waals surface area contributed by atoms with E-state index in [-0.39, 0.29) is 0 Å². The molecule has 2 aromatic heterocycles. The van der Waals surface area contributed by atoms with Crippen molar-refractivity contribution in [3.8, 4) is 0 Å². The average molecular weight is 248 g/mol. The third-order valence-electron chi connectivity index (χ3n) is 2.83. The van der Waals surface area contributed by atoms with Crippen molar-refractivity contribution < 1.29 is 0 Å². The van der Waals surface area contributed by atoms with Crippen LogP contribution >= 0.6 is 12.2 Å². The standard InChI is InChI=1S/C12H16N4S/c1-3-9-6-5-7-13-10(9)8-16-11(4-2)14-15-12(16)17/h5-7H,3-4,8H2,1-2H3,(H,15,17). The Kier molecular flexibility index (Phi) is 3.68. The first kappa shape index (κ1) is 12.0. The lowest BCUT2D eigenvalue weighted by Crippen LogP contribution is -2.08. The molecule has 2 heterocycles. The van der Waals surface area contributed by atoms with Crippen molar-refractivity contribution >= 4 is 12.2 Å². The second kappa shape index (κ2) is 5.23. The van der Waals surface area contributed by atoms with Crippen LogP contribution in [0.15, 0.2) is 18.3 Å². The van der Waals surface area contributed by atoms with E-state index in [1.54, 1.807) is 0 Å². The van der Waals surface area contributed by atoms with Crippen molar-refractivity contribution in [2.24, 2.45) is 0 Å². The first-order valence-corrected chi connectivity index (χ1v) is 6.24. The van der Waals surface area contributed by atoms with E-state index >= 15 is 0 Å². The highest BCUT2D eigenvalue weighted by Crippen LogP contribution is 2.10. The number of nitrogens with zero attached hydrogens (tertiary/aromatic N) is 3. The molecule has 0 aliphatic rings. The summed E-state index contributed by atoms with van der Waals surface area (Å²) in [5, 5.41) is 7.04. The molecule has 0 saturated heterocycles. The Morgan fingerprint density at radius 3 is 2.88 bits per heavy atom. The molecule has 0 saturated carbocycles. The highest BCUT2D eigenvalue weighted by molar-refractivity contribution is 7.71. The van der Waals surface area contributed by atoms with E-state index in [4.69, 9.17) is 12.2 Å². The van der Waals surface area contributed by atoms with Crippen LogP contribution in [0.3, 0.4) is 0 Å². The van der Waals surface area contributed by atoms with Crippen LogP contribution < -0.4 is 0 Å². The van der Waals surface area contributed by atoms with Gasteiger partial charge >= 0.3 is 0 Å². The molecule has 0 aromatic carbocycles. The SMILES string of the molecule is CCc1cccnc1Cn1c(CC)n[nH]c1=S. The van der Waals surface area contributed by atoms with Crippen LogP contribution in [0.4, 0.5) is 0 Å². The molecule has 5 heteroatoms. The predicted octanol–water partition coefficient (Wildman–Crippen LogP) is 2.51. The highest BCUT2D eigenvalue weighted by atomic mass is 32.1. The first-order chi connectivity index (χ1) is 8.26. The summed E-state index contributed by atoms with van der Waals surface area (Å²) in [4.78, 5) is 4.43. The number of aryl methyl sites for hydroxylation is 2. The summed E-state index contributed by atoms with van der Waals surface area (Å²) >= 11 is 5.23. The van der Waals surface area contributed by atoms with Gasteiger partial charge in [-0.1, -0.05) is 19.9 Å². The van der Waals surface area contributed by atoms with Crippen molar-refractivity contribution in [2.45, 2.75) is 33.2 Å². The maximum atomic E-state index is 5.23. The molecule has 0 radical (unpaired) electrons. The number of nitrogens with one attached hydrogen (secondary N) is 1. The number of hydrogen-bond acceptors (Lipinski definition) is 3. The lowest BCUT2D eigenvalue weighted by Gasteiger charge is -2.08. The molecule has 0 spiro atoms. The van der Waals surface area contributed by atoms with Crippen LogP contribution in [0, 0.1) is 4.77 Å². The topological polar surface area (TPSA) is 46.5 Å². The van der Waals surface area contributed by atoms with Gasteiger partial charge in [-0.05, 0) is 30.3 Å². The molecule has 0 aliphatic heterocycles. The van der Waals surface area contributed by atoms with Gasteiger partial charge in [0.25, 0.3) is 0 Å². The molecule has 4 nitrogen and oxygen atoms in total. The average Bonchev–Trinajstić information content (AvgIpc) is 2.71. The molecule has 0 amide bonds. The van der Waals surface area contributed by atoms with Gasteiger partial charge in [0.05, 0.1) is 12.2 Å². The second-order valence-electron chi connectivity index (χ2n) is 3.85. The van der Waals surface area contributed by atoms with Gasteiger partial charge in [-0.3, -0.25) is 14.6 Å². The zero-order chi connectivity index (χ0) is 12.3. The molecule has 0 fully saturated rings. The van der Waals surface area contributed by atoms with Crippen molar-refractivity contribution in [1.29, 1.82) is 0 Å². The van der Waals surface area contributed by atoms with Gasteiger partial charge < -0.3 is 0 Å². The Bertz CT molecular complexity index is 556. The minimum absolute atomic E-state index is 0.662. The van der Waals surface area contributed by atoms with Crippen molar-refractivity contribution in [3.05, 3.63) is 40.2 Å². The molecule has 90 valence electrons. The Labute approximate surface area is 106 Å². The zero-order valence-electron chi connectivity index (χ0n) is 10.1. The normalized spacial score (nSPS) is 10.7. The summed E-state index contributed by atoms with van der Waals surface area (Å²) in [7, 11) is 0. The fourth-order valence-electron chi connectivity index (χ4n) is 1.87. The molecule has 0 bridgehead atoms. The predicted molar refractivity (Wildman–Crippen MR) is 69.5 cm³/mol. The highest BCUT2D eigenvalue weighted by Gasteiger charge is 2.07. The lowest BCUT2D eigenvalue weighted by molar-refractivity contribution is 0.701. The van der Waals surface area contributed by atoms with Crippen molar-refractivity contribution in [2.75, 3.05) is 0 Å². The molecular weight excluding hydrogens is 232 g/mol. The van der Waals surface area contributed by atoms with Crippen LogP contribution in [0.1, 0.15) is 30.9 Å². The van der Waals surface area contributed by atoms with E-state index in [0.29, 0.717) is 11.3 Å². The minimum atomic E-state index is 0.662. The van der Waals surface area contributed by atoms with Gasteiger partial charge in [-0.15, -0.1) is 0 Å². The molecule has 0 atom stereocenters. The van der Waals surface area contributed by atoms with Crippen LogP contribution in [0.25, 0.3) is 0 Å². The molecule has 0 unspecified atom stereocenters. The van der Waals surface area contributed by atoms with Gasteiger partial charge in [-0.25, -0.2) is 0 Å². The van der Waals surface area contributed by atoms with Gasteiger partial charge in [0, 0.05) is 12.6 Å². The molecule has 2 aromatic rings. The molecule has 1 N–H and O–H groups in total. The zero-order valence-corrected chi connectivity index (χ0v) is 10.9. The van der Waals surface area contributed by atoms with Gasteiger partial charge in [0.1, 0.15) is 5.82 Å². The van der Waals surface area contributed by atoms with Gasteiger partial charge in [0.15, 0.2) is 4.77 Å². The maximum absolute atomic E-state index is 5.23. The Balaban J connectivity index is 2.37. The van der Waals surface area contributed by atoms with Gasteiger partial charge in [-0.2, -0.15) is 5.10 Å². The van der Waals surface area contributed by atoms with E-state index in [9.17, 15) is 0 Å². The fourth-order valence-corrected chi connectivity index (χ4v) is 2.08. The summed E-state index contributed by atoms with van der Waals surface area (Å²) in [5.41, 5.74) is 2.33. The number of hydrogen-bond donors (Lipinski definition) is 1. The second-order valence-corrected chi connectivity index (χ2v) is 4.23. The Morgan fingerprint density at radius 2 is 2.18 bits per heavy atom. The van der Waals surface area contributed by atoms with Crippen molar-refractivity contribution in [3.63, 3.8) is 0 Å². The number of rotatable bonds is 4. The minimum Gasteiger partial charge on any atom is -0.298 e. The Hall–Kier alpha value is -1.49. The fraction of sp³-hybridized carbons (Fsp3) is 0.417. The number of pyridine rings is 1. The van der Waals surface area contributed by atoms with E-state index < -0.39 is 0 Å². The van der Waals surface area contributed by atoms with E-state index in [1.165, 1.54) is 5.56 Å². The molecular formula is C12H16N4S. The quantitative estimate of drug-likeness (QED) is 0.846. The van der Waals surface area contributed by atoms with E-state index in [1.807, 2.05) is 16.8 Å². The monoisotopic (exact) mass is 248 g/mol. The molecule has 0 aliphatic carbocycles. The molecule has 17 heavy (non-hydrogen) atoms. The van der Waals surface area contributed by atoms with Crippen molar-refractivity contribution in [1.82, 2.24) is 19.7 Å². The third-order valence-corrected chi connectivity index (χ3v) is 3.14. The smallest absolute Gasteiger partial charge is 0.195 e. The van der Waals surface area contributed by atoms with Crippen LogP contribution in [0.5, 0.6) is 0 Å². The maximum Gasteiger partial charge on any atom is 0.195 e. The third kappa shape index (κ3) is 2.44. The summed E-state index contributed by atoms with van der Waals surface area (Å²) < 4.78 is 2.67. The molecule has 2 rings (SSSR count).